The number of rotatable bonds is 7. The summed E-state index contributed by atoms with van der Waals surface area (Å²) in [6, 6.07) is 14.3. The van der Waals surface area contributed by atoms with Gasteiger partial charge in [0, 0.05) is 19.2 Å². The van der Waals surface area contributed by atoms with E-state index >= 15 is 0 Å². The second-order valence-corrected chi connectivity index (χ2v) is 6.06. The molecule has 2 rings (SSSR count). The number of ether oxygens (including phenoxy) is 1. The summed E-state index contributed by atoms with van der Waals surface area (Å²) in [6.45, 7) is 8.54. The maximum atomic E-state index is 5.16. The molecule has 1 unspecified atom stereocenters. The summed E-state index contributed by atoms with van der Waals surface area (Å²) in [5, 5.41) is 6.70. The van der Waals surface area contributed by atoms with E-state index < -0.39 is 0 Å². The molecule has 2 aromatic rings. The number of benzene rings is 1. The SMILES string of the molecule is CCNC(=NCc1cccc(OC)n1)NCC(C)c1cccc(C)c1. The summed E-state index contributed by atoms with van der Waals surface area (Å²) >= 11 is 0. The second-order valence-electron chi connectivity index (χ2n) is 6.06. The van der Waals surface area contributed by atoms with Crippen LogP contribution in [0.4, 0.5) is 0 Å². The summed E-state index contributed by atoms with van der Waals surface area (Å²) in [6.07, 6.45) is 0. The number of aliphatic imine (C=N–C) groups is 1. The summed E-state index contributed by atoms with van der Waals surface area (Å²) in [5.41, 5.74) is 3.50. The Labute approximate surface area is 150 Å². The summed E-state index contributed by atoms with van der Waals surface area (Å²) in [4.78, 5) is 9.01. The van der Waals surface area contributed by atoms with Crippen molar-refractivity contribution >= 4 is 5.96 Å². The van der Waals surface area contributed by atoms with Crippen molar-refractivity contribution in [2.24, 2.45) is 4.99 Å². The van der Waals surface area contributed by atoms with Gasteiger partial charge in [0.2, 0.25) is 5.88 Å². The zero-order valence-electron chi connectivity index (χ0n) is 15.5. The number of aryl methyl sites for hydroxylation is 1. The minimum atomic E-state index is 0.402. The van der Waals surface area contributed by atoms with Gasteiger partial charge in [-0.3, -0.25) is 0 Å². The number of pyridine rings is 1. The molecule has 1 atom stereocenters. The van der Waals surface area contributed by atoms with E-state index in [1.54, 1.807) is 7.11 Å². The standard InChI is InChI=1S/C20H28N4O/c1-5-21-20(23-14-18-10-7-11-19(24-18)25-4)22-13-16(3)17-9-6-8-15(2)12-17/h6-12,16H,5,13-14H2,1-4H3,(H2,21,22,23). The van der Waals surface area contributed by atoms with Gasteiger partial charge >= 0.3 is 0 Å². The van der Waals surface area contributed by atoms with E-state index in [4.69, 9.17) is 4.74 Å². The molecule has 1 heterocycles. The Hall–Kier alpha value is -2.56. The Kier molecular flexibility index (Phi) is 7.26. The van der Waals surface area contributed by atoms with E-state index in [1.807, 2.05) is 18.2 Å². The predicted molar refractivity (Wildman–Crippen MR) is 103 cm³/mol. The molecule has 0 fully saturated rings. The third-order valence-electron chi connectivity index (χ3n) is 3.92. The lowest BCUT2D eigenvalue weighted by molar-refractivity contribution is 0.396. The Morgan fingerprint density at radius 1 is 1.20 bits per heavy atom. The quantitative estimate of drug-likeness (QED) is 0.600. The molecular weight excluding hydrogens is 312 g/mol. The van der Waals surface area contributed by atoms with Gasteiger partial charge in [-0.2, -0.15) is 0 Å². The van der Waals surface area contributed by atoms with Crippen LogP contribution >= 0.6 is 0 Å². The zero-order chi connectivity index (χ0) is 18.1. The molecule has 0 saturated heterocycles. The molecule has 0 aliphatic heterocycles. The third-order valence-corrected chi connectivity index (χ3v) is 3.92. The van der Waals surface area contributed by atoms with Gasteiger partial charge in [0.25, 0.3) is 0 Å². The number of methoxy groups -OCH3 is 1. The Morgan fingerprint density at radius 3 is 2.72 bits per heavy atom. The zero-order valence-corrected chi connectivity index (χ0v) is 15.5. The lowest BCUT2D eigenvalue weighted by atomic mass is 9.99. The summed E-state index contributed by atoms with van der Waals surface area (Å²) in [5.74, 6) is 1.81. The van der Waals surface area contributed by atoms with Crippen molar-refractivity contribution in [1.82, 2.24) is 15.6 Å². The molecule has 5 nitrogen and oxygen atoms in total. The van der Waals surface area contributed by atoms with Crippen molar-refractivity contribution in [3.05, 3.63) is 59.3 Å². The van der Waals surface area contributed by atoms with Crippen LogP contribution in [-0.2, 0) is 6.54 Å². The normalized spacial score (nSPS) is 12.6. The molecule has 0 amide bonds. The molecule has 0 spiro atoms. The number of nitrogens with one attached hydrogen (secondary N) is 2. The summed E-state index contributed by atoms with van der Waals surface area (Å²) in [7, 11) is 1.62. The van der Waals surface area contributed by atoms with Crippen LogP contribution in [0.15, 0.2) is 47.5 Å². The van der Waals surface area contributed by atoms with Crippen LogP contribution in [0.25, 0.3) is 0 Å². The first-order valence-corrected chi connectivity index (χ1v) is 8.71. The number of nitrogens with zero attached hydrogens (tertiary/aromatic N) is 2. The van der Waals surface area contributed by atoms with Crippen molar-refractivity contribution in [2.75, 3.05) is 20.2 Å². The minimum Gasteiger partial charge on any atom is -0.481 e. The number of guanidine groups is 1. The monoisotopic (exact) mass is 340 g/mol. The van der Waals surface area contributed by atoms with Crippen LogP contribution in [0.3, 0.4) is 0 Å². The van der Waals surface area contributed by atoms with E-state index in [9.17, 15) is 0 Å². The van der Waals surface area contributed by atoms with E-state index in [2.05, 4.69) is 65.6 Å². The minimum absolute atomic E-state index is 0.402. The highest BCUT2D eigenvalue weighted by Crippen LogP contribution is 2.15. The van der Waals surface area contributed by atoms with Crippen LogP contribution in [0, 0.1) is 6.92 Å². The smallest absolute Gasteiger partial charge is 0.213 e. The maximum absolute atomic E-state index is 5.16. The molecule has 134 valence electrons. The van der Waals surface area contributed by atoms with Gasteiger partial charge in [-0.25, -0.2) is 9.98 Å². The maximum Gasteiger partial charge on any atom is 0.213 e. The molecule has 0 bridgehead atoms. The first-order chi connectivity index (χ1) is 12.1. The van der Waals surface area contributed by atoms with Gasteiger partial charge < -0.3 is 15.4 Å². The van der Waals surface area contributed by atoms with Gasteiger partial charge in [-0.05, 0) is 31.4 Å². The number of hydrogen-bond donors (Lipinski definition) is 2. The Bertz CT molecular complexity index is 700. The van der Waals surface area contributed by atoms with Crippen LogP contribution in [0.5, 0.6) is 5.88 Å². The fourth-order valence-corrected chi connectivity index (χ4v) is 2.51. The van der Waals surface area contributed by atoms with Crippen molar-refractivity contribution in [1.29, 1.82) is 0 Å². The molecular formula is C20H28N4O. The van der Waals surface area contributed by atoms with Crippen LogP contribution in [-0.4, -0.2) is 31.1 Å². The van der Waals surface area contributed by atoms with E-state index in [1.165, 1.54) is 11.1 Å². The fraction of sp³-hybridized carbons (Fsp3) is 0.400. The van der Waals surface area contributed by atoms with Crippen molar-refractivity contribution in [2.45, 2.75) is 33.2 Å². The Morgan fingerprint density at radius 2 is 2.00 bits per heavy atom. The average molecular weight is 340 g/mol. The molecule has 0 aliphatic carbocycles. The number of hydrogen-bond acceptors (Lipinski definition) is 3. The number of aromatic nitrogens is 1. The van der Waals surface area contributed by atoms with Crippen molar-refractivity contribution < 1.29 is 4.74 Å². The third kappa shape index (κ3) is 6.10. The van der Waals surface area contributed by atoms with Crippen molar-refractivity contribution in [3.8, 4) is 5.88 Å². The highest BCUT2D eigenvalue weighted by Gasteiger charge is 2.07. The molecule has 1 aromatic carbocycles. The molecule has 0 radical (unpaired) electrons. The second kappa shape index (κ2) is 9.67. The highest BCUT2D eigenvalue weighted by atomic mass is 16.5. The van der Waals surface area contributed by atoms with Gasteiger partial charge in [-0.15, -0.1) is 0 Å². The van der Waals surface area contributed by atoms with Gasteiger partial charge in [-0.1, -0.05) is 42.8 Å². The molecule has 5 heteroatoms. The first kappa shape index (κ1) is 18.8. The molecule has 1 aromatic heterocycles. The summed E-state index contributed by atoms with van der Waals surface area (Å²) < 4.78 is 5.16. The van der Waals surface area contributed by atoms with E-state index in [-0.39, 0.29) is 0 Å². The van der Waals surface area contributed by atoms with Crippen LogP contribution < -0.4 is 15.4 Å². The predicted octanol–water partition coefficient (Wildman–Crippen LogP) is 3.26. The molecule has 25 heavy (non-hydrogen) atoms. The fourth-order valence-electron chi connectivity index (χ4n) is 2.51. The van der Waals surface area contributed by atoms with Crippen molar-refractivity contribution in [3.63, 3.8) is 0 Å². The van der Waals surface area contributed by atoms with E-state index in [0.29, 0.717) is 18.3 Å². The molecule has 0 aliphatic rings. The van der Waals surface area contributed by atoms with Crippen LogP contribution in [0.1, 0.15) is 36.6 Å². The van der Waals surface area contributed by atoms with Gasteiger partial charge in [0.15, 0.2) is 5.96 Å². The average Bonchev–Trinajstić information content (AvgIpc) is 2.64. The first-order valence-electron chi connectivity index (χ1n) is 8.71. The topological polar surface area (TPSA) is 58.5 Å². The van der Waals surface area contributed by atoms with Gasteiger partial charge in [0.1, 0.15) is 0 Å². The Balaban J connectivity index is 1.97. The molecule has 0 saturated carbocycles. The molecule has 2 N–H and O–H groups in total. The van der Waals surface area contributed by atoms with E-state index in [0.717, 1.165) is 24.7 Å². The largest absolute Gasteiger partial charge is 0.481 e. The lowest BCUT2D eigenvalue weighted by Crippen LogP contribution is -2.39. The van der Waals surface area contributed by atoms with Crippen LogP contribution in [0.2, 0.25) is 0 Å². The lowest BCUT2D eigenvalue weighted by Gasteiger charge is -2.16. The highest BCUT2D eigenvalue weighted by molar-refractivity contribution is 5.79. The van der Waals surface area contributed by atoms with Gasteiger partial charge in [0.05, 0.1) is 19.3 Å².